The fourth-order valence-corrected chi connectivity index (χ4v) is 1.92. The van der Waals surface area contributed by atoms with Crippen molar-refractivity contribution < 1.29 is 4.74 Å². The third-order valence-corrected chi connectivity index (χ3v) is 3.07. The molecule has 1 heterocycles. The molecule has 1 aromatic heterocycles. The fraction of sp³-hybridized carbons (Fsp3) is 0.154. The summed E-state index contributed by atoms with van der Waals surface area (Å²) in [5.74, 6) is 0.699. The van der Waals surface area contributed by atoms with Crippen LogP contribution in [0.2, 0.25) is 5.02 Å². The summed E-state index contributed by atoms with van der Waals surface area (Å²) < 4.78 is 6.59. The predicted molar refractivity (Wildman–Crippen MR) is 72.6 cm³/mol. The van der Waals surface area contributed by atoms with Crippen LogP contribution in [0, 0.1) is 0 Å². The van der Waals surface area contributed by atoms with Crippen molar-refractivity contribution in [3.05, 3.63) is 57.8 Å². The van der Waals surface area contributed by atoms with Gasteiger partial charge in [-0.3, -0.25) is 4.98 Å². The van der Waals surface area contributed by atoms with Gasteiger partial charge in [0.2, 0.25) is 0 Å². The number of hydrogen-bond acceptors (Lipinski definition) is 2. The lowest BCUT2D eigenvalue weighted by atomic mass is 10.2. The summed E-state index contributed by atoms with van der Waals surface area (Å²) in [7, 11) is 0. The number of ether oxygens (including phenoxy) is 1. The van der Waals surface area contributed by atoms with Crippen molar-refractivity contribution in [3.8, 4) is 5.75 Å². The molecule has 0 saturated heterocycles. The van der Waals surface area contributed by atoms with Crippen molar-refractivity contribution in [1.29, 1.82) is 0 Å². The molecular formula is C13H11BrClNO. The molecule has 4 heteroatoms. The number of halogens is 2. The molecule has 2 aromatic rings. The first-order chi connectivity index (χ1) is 8.25. The van der Waals surface area contributed by atoms with Crippen LogP contribution in [-0.2, 0) is 6.42 Å². The van der Waals surface area contributed by atoms with Gasteiger partial charge < -0.3 is 4.74 Å². The highest BCUT2D eigenvalue weighted by molar-refractivity contribution is 9.10. The van der Waals surface area contributed by atoms with Gasteiger partial charge in [0.15, 0.2) is 0 Å². The van der Waals surface area contributed by atoms with Crippen LogP contribution in [0.3, 0.4) is 0 Å². The van der Waals surface area contributed by atoms with E-state index in [1.54, 1.807) is 6.20 Å². The molecule has 0 amide bonds. The van der Waals surface area contributed by atoms with Gasteiger partial charge in [-0.25, -0.2) is 0 Å². The summed E-state index contributed by atoms with van der Waals surface area (Å²) in [5, 5.41) is 0.624. The minimum Gasteiger partial charge on any atom is -0.492 e. The normalized spacial score (nSPS) is 10.2. The second kappa shape index (κ2) is 6.03. The van der Waals surface area contributed by atoms with Crippen molar-refractivity contribution in [2.24, 2.45) is 0 Å². The Bertz CT molecular complexity index is 490. The van der Waals surface area contributed by atoms with Crippen molar-refractivity contribution in [3.63, 3.8) is 0 Å². The Morgan fingerprint density at radius 2 is 2.18 bits per heavy atom. The van der Waals surface area contributed by atoms with Gasteiger partial charge in [-0.05, 0) is 29.8 Å². The lowest BCUT2D eigenvalue weighted by molar-refractivity contribution is 0.322. The van der Waals surface area contributed by atoms with Gasteiger partial charge in [0.1, 0.15) is 5.75 Å². The summed E-state index contributed by atoms with van der Waals surface area (Å²) >= 11 is 9.40. The Kier molecular flexibility index (Phi) is 4.40. The van der Waals surface area contributed by atoms with Crippen LogP contribution in [0.25, 0.3) is 0 Å². The van der Waals surface area contributed by atoms with Gasteiger partial charge in [0.05, 0.1) is 11.6 Å². The van der Waals surface area contributed by atoms with E-state index in [1.807, 2.05) is 36.5 Å². The maximum atomic E-state index is 6.02. The van der Waals surface area contributed by atoms with E-state index in [2.05, 4.69) is 20.9 Å². The minimum absolute atomic E-state index is 0.585. The number of benzene rings is 1. The Balaban J connectivity index is 1.92. The summed E-state index contributed by atoms with van der Waals surface area (Å²) in [6, 6.07) is 9.51. The van der Waals surface area contributed by atoms with E-state index in [9.17, 15) is 0 Å². The molecule has 0 N–H and O–H groups in total. The maximum Gasteiger partial charge on any atom is 0.139 e. The standard InChI is InChI=1S/C13H11BrClNO/c14-11-3-4-12(15)13(8-11)17-7-5-10-2-1-6-16-9-10/h1-4,6,8-9H,5,7H2. The number of hydrogen-bond donors (Lipinski definition) is 0. The molecule has 2 nitrogen and oxygen atoms in total. The van der Waals surface area contributed by atoms with E-state index in [-0.39, 0.29) is 0 Å². The highest BCUT2D eigenvalue weighted by Crippen LogP contribution is 2.27. The van der Waals surface area contributed by atoms with E-state index in [4.69, 9.17) is 16.3 Å². The van der Waals surface area contributed by atoms with Crippen molar-refractivity contribution in [1.82, 2.24) is 4.98 Å². The molecule has 0 fully saturated rings. The van der Waals surface area contributed by atoms with Crippen LogP contribution in [0.5, 0.6) is 5.75 Å². The summed E-state index contributed by atoms with van der Waals surface area (Å²) in [6.07, 6.45) is 4.41. The zero-order chi connectivity index (χ0) is 12.1. The van der Waals surface area contributed by atoms with E-state index in [0.29, 0.717) is 17.4 Å². The Hall–Kier alpha value is -1.06. The Morgan fingerprint density at radius 3 is 2.94 bits per heavy atom. The maximum absolute atomic E-state index is 6.02. The van der Waals surface area contributed by atoms with Gasteiger partial charge in [-0.1, -0.05) is 33.6 Å². The van der Waals surface area contributed by atoms with E-state index in [1.165, 1.54) is 0 Å². The molecule has 0 bridgehead atoms. The van der Waals surface area contributed by atoms with Crippen molar-refractivity contribution in [2.45, 2.75) is 6.42 Å². The smallest absolute Gasteiger partial charge is 0.139 e. The second-order valence-electron chi connectivity index (χ2n) is 3.53. The van der Waals surface area contributed by atoms with Gasteiger partial charge >= 0.3 is 0 Å². The van der Waals surface area contributed by atoms with Gasteiger partial charge in [-0.15, -0.1) is 0 Å². The topological polar surface area (TPSA) is 22.1 Å². The Morgan fingerprint density at radius 1 is 1.29 bits per heavy atom. The summed E-state index contributed by atoms with van der Waals surface area (Å²) in [6.45, 7) is 0.585. The van der Waals surface area contributed by atoms with E-state index in [0.717, 1.165) is 16.5 Å². The first-order valence-corrected chi connectivity index (χ1v) is 6.39. The van der Waals surface area contributed by atoms with E-state index >= 15 is 0 Å². The molecule has 0 aliphatic heterocycles. The van der Waals surface area contributed by atoms with E-state index < -0.39 is 0 Å². The molecule has 88 valence electrons. The van der Waals surface area contributed by atoms with Crippen LogP contribution in [0.4, 0.5) is 0 Å². The number of aromatic nitrogens is 1. The van der Waals surface area contributed by atoms with Crippen molar-refractivity contribution in [2.75, 3.05) is 6.61 Å². The van der Waals surface area contributed by atoms with Crippen LogP contribution < -0.4 is 4.74 Å². The highest BCUT2D eigenvalue weighted by Gasteiger charge is 2.02. The monoisotopic (exact) mass is 311 g/mol. The average Bonchev–Trinajstić information content (AvgIpc) is 2.35. The molecule has 1 aromatic carbocycles. The highest BCUT2D eigenvalue weighted by atomic mass is 79.9. The van der Waals surface area contributed by atoms with Crippen molar-refractivity contribution >= 4 is 27.5 Å². The number of nitrogens with zero attached hydrogens (tertiary/aromatic N) is 1. The third-order valence-electron chi connectivity index (χ3n) is 2.26. The lowest BCUT2D eigenvalue weighted by Crippen LogP contribution is -2.01. The first kappa shape index (κ1) is 12.4. The predicted octanol–water partition coefficient (Wildman–Crippen LogP) is 4.12. The molecule has 0 aliphatic rings. The van der Waals surface area contributed by atoms with Crippen LogP contribution in [0.15, 0.2) is 47.2 Å². The molecular weight excluding hydrogens is 302 g/mol. The fourth-order valence-electron chi connectivity index (χ4n) is 1.41. The molecule has 0 spiro atoms. The molecule has 0 saturated carbocycles. The molecule has 17 heavy (non-hydrogen) atoms. The third kappa shape index (κ3) is 3.72. The molecule has 0 aliphatic carbocycles. The van der Waals surface area contributed by atoms with Crippen LogP contribution in [-0.4, -0.2) is 11.6 Å². The largest absolute Gasteiger partial charge is 0.492 e. The molecule has 0 atom stereocenters. The SMILES string of the molecule is Clc1ccc(Br)cc1OCCc1cccnc1. The zero-order valence-electron chi connectivity index (χ0n) is 9.07. The first-order valence-electron chi connectivity index (χ1n) is 5.22. The Labute approximate surface area is 114 Å². The van der Waals surface area contributed by atoms with Crippen LogP contribution >= 0.6 is 27.5 Å². The second-order valence-corrected chi connectivity index (χ2v) is 4.86. The zero-order valence-corrected chi connectivity index (χ0v) is 11.4. The molecule has 2 rings (SSSR count). The van der Waals surface area contributed by atoms with Gasteiger partial charge in [-0.2, -0.15) is 0 Å². The summed E-state index contributed by atoms with van der Waals surface area (Å²) in [5.41, 5.74) is 1.15. The minimum atomic E-state index is 0.585. The van der Waals surface area contributed by atoms with Gasteiger partial charge in [0.25, 0.3) is 0 Å². The van der Waals surface area contributed by atoms with Crippen LogP contribution in [0.1, 0.15) is 5.56 Å². The lowest BCUT2D eigenvalue weighted by Gasteiger charge is -2.08. The summed E-state index contributed by atoms with van der Waals surface area (Å²) in [4.78, 5) is 4.05. The number of pyridine rings is 1. The quantitative estimate of drug-likeness (QED) is 0.847. The van der Waals surface area contributed by atoms with Gasteiger partial charge in [0, 0.05) is 23.3 Å². The average molecular weight is 313 g/mol. The molecule has 0 unspecified atom stereocenters. The number of rotatable bonds is 4. The molecule has 0 radical (unpaired) electrons.